The topological polar surface area (TPSA) is 116 Å². The number of carbonyl (C=O) groups excluding carboxylic acids is 2. The number of hydrogen-bond acceptors (Lipinski definition) is 4. The molecule has 2 amide bonds. The number of aromatic nitrogens is 2. The smallest absolute Gasteiger partial charge is 0.250 e. The molecule has 22 heavy (non-hydrogen) atoms. The number of carbonyl (C=O) groups is 2. The number of rotatable bonds is 6. The van der Waals surface area contributed by atoms with Gasteiger partial charge in [-0.15, -0.1) is 0 Å². The second-order valence-corrected chi connectivity index (χ2v) is 5.11. The van der Waals surface area contributed by atoms with Crippen LogP contribution in [0.2, 0.25) is 0 Å². The van der Waals surface area contributed by atoms with Gasteiger partial charge in [-0.2, -0.15) is 0 Å². The highest BCUT2D eigenvalue weighted by Gasteiger charge is 2.08. The summed E-state index contributed by atoms with van der Waals surface area (Å²) >= 11 is 0. The summed E-state index contributed by atoms with van der Waals surface area (Å²) in [5.41, 5.74) is 12.6. The minimum atomic E-state index is -0.543. The predicted molar refractivity (Wildman–Crippen MR) is 84.1 cm³/mol. The van der Waals surface area contributed by atoms with Crippen molar-refractivity contribution < 1.29 is 9.59 Å². The number of hydrogen-bond donors (Lipinski definition) is 3. The molecule has 1 aromatic carbocycles. The highest BCUT2D eigenvalue weighted by atomic mass is 16.2. The van der Waals surface area contributed by atoms with Crippen molar-refractivity contribution in [2.75, 3.05) is 11.1 Å². The molecule has 0 aliphatic heterocycles. The quantitative estimate of drug-likeness (QED) is 0.692. The van der Waals surface area contributed by atoms with Crippen molar-refractivity contribution in [3.05, 3.63) is 41.9 Å². The number of nitrogens with two attached hydrogens (primary N) is 2. The van der Waals surface area contributed by atoms with Crippen molar-refractivity contribution in [1.82, 2.24) is 9.55 Å². The van der Waals surface area contributed by atoms with E-state index in [1.54, 1.807) is 35.3 Å². The fourth-order valence-electron chi connectivity index (χ4n) is 2.13. The van der Waals surface area contributed by atoms with Gasteiger partial charge in [0.2, 0.25) is 5.91 Å². The van der Waals surface area contributed by atoms with Crippen LogP contribution in [0, 0.1) is 0 Å². The van der Waals surface area contributed by atoms with Crippen molar-refractivity contribution in [3.63, 3.8) is 0 Å². The van der Waals surface area contributed by atoms with Crippen molar-refractivity contribution >= 4 is 23.3 Å². The Labute approximate surface area is 128 Å². The van der Waals surface area contributed by atoms with Crippen LogP contribution in [-0.2, 0) is 18.3 Å². The fourth-order valence-corrected chi connectivity index (χ4v) is 2.13. The van der Waals surface area contributed by atoms with Gasteiger partial charge in [-0.1, -0.05) is 6.07 Å². The zero-order valence-electron chi connectivity index (χ0n) is 12.4. The molecule has 0 bridgehead atoms. The van der Waals surface area contributed by atoms with Gasteiger partial charge in [-0.3, -0.25) is 9.59 Å². The molecule has 0 unspecified atom stereocenters. The molecule has 2 rings (SSSR count). The Morgan fingerprint density at radius 1 is 1.36 bits per heavy atom. The molecular formula is C15H19N5O2. The highest BCUT2D eigenvalue weighted by molar-refractivity contribution is 5.98. The van der Waals surface area contributed by atoms with Gasteiger partial charge < -0.3 is 21.4 Å². The summed E-state index contributed by atoms with van der Waals surface area (Å²) in [5, 5.41) is 2.73. The molecule has 0 aliphatic carbocycles. The fraction of sp³-hybridized carbons (Fsp3) is 0.267. The maximum atomic E-state index is 11.8. The van der Waals surface area contributed by atoms with E-state index in [9.17, 15) is 9.59 Å². The van der Waals surface area contributed by atoms with Crippen LogP contribution in [0.1, 0.15) is 28.8 Å². The van der Waals surface area contributed by atoms with Crippen molar-refractivity contribution in [2.24, 2.45) is 12.8 Å². The average molecular weight is 301 g/mol. The minimum absolute atomic E-state index is 0.0829. The molecule has 2 aromatic rings. The van der Waals surface area contributed by atoms with Crippen LogP contribution in [0.15, 0.2) is 30.7 Å². The van der Waals surface area contributed by atoms with E-state index in [-0.39, 0.29) is 5.91 Å². The maximum Gasteiger partial charge on any atom is 0.250 e. The summed E-state index contributed by atoms with van der Waals surface area (Å²) in [6, 6.07) is 5.13. The number of aryl methyl sites for hydroxylation is 2. The molecule has 0 aliphatic rings. The van der Waals surface area contributed by atoms with Gasteiger partial charge in [-0.25, -0.2) is 4.98 Å². The highest BCUT2D eigenvalue weighted by Crippen LogP contribution is 2.15. The summed E-state index contributed by atoms with van der Waals surface area (Å²) in [5.74, 6) is -0.0817. The maximum absolute atomic E-state index is 11.8. The third-order valence-corrected chi connectivity index (χ3v) is 3.22. The lowest BCUT2D eigenvalue weighted by Gasteiger charge is -2.06. The first kappa shape index (κ1) is 15.6. The minimum Gasteiger partial charge on any atom is -0.398 e. The third-order valence-electron chi connectivity index (χ3n) is 3.22. The molecule has 0 saturated heterocycles. The number of nitrogen functional groups attached to an aromatic ring is 1. The summed E-state index contributed by atoms with van der Waals surface area (Å²) < 4.78 is 1.76. The van der Waals surface area contributed by atoms with Crippen molar-refractivity contribution in [1.29, 1.82) is 0 Å². The lowest BCUT2D eigenvalue weighted by atomic mass is 10.0. The van der Waals surface area contributed by atoms with Crippen LogP contribution in [0.4, 0.5) is 11.5 Å². The first-order chi connectivity index (χ1) is 10.5. The van der Waals surface area contributed by atoms with E-state index < -0.39 is 5.91 Å². The van der Waals surface area contributed by atoms with Gasteiger partial charge in [-0.05, 0) is 30.5 Å². The van der Waals surface area contributed by atoms with Crippen molar-refractivity contribution in [2.45, 2.75) is 19.3 Å². The summed E-state index contributed by atoms with van der Waals surface area (Å²) in [6.45, 7) is 0. The van der Waals surface area contributed by atoms with Gasteiger partial charge in [0, 0.05) is 25.4 Å². The lowest BCUT2D eigenvalue weighted by molar-refractivity contribution is -0.116. The van der Waals surface area contributed by atoms with Crippen LogP contribution in [0.25, 0.3) is 0 Å². The van der Waals surface area contributed by atoms with Crippen LogP contribution in [0.5, 0.6) is 0 Å². The second-order valence-electron chi connectivity index (χ2n) is 5.11. The largest absolute Gasteiger partial charge is 0.398 e. The normalized spacial score (nSPS) is 10.4. The molecule has 5 N–H and O–H groups in total. The van der Waals surface area contributed by atoms with Gasteiger partial charge in [0.25, 0.3) is 5.91 Å². The third kappa shape index (κ3) is 4.08. The van der Waals surface area contributed by atoms with Crippen molar-refractivity contribution in [3.8, 4) is 0 Å². The lowest BCUT2D eigenvalue weighted by Crippen LogP contribution is -2.14. The van der Waals surface area contributed by atoms with E-state index in [1.807, 2.05) is 7.05 Å². The average Bonchev–Trinajstić information content (AvgIpc) is 2.83. The predicted octanol–water partition coefficient (Wildman–Crippen LogP) is 1.06. The number of imidazole rings is 1. The molecule has 0 atom stereocenters. The molecule has 7 heteroatoms. The Bertz CT molecular complexity index is 693. The summed E-state index contributed by atoms with van der Waals surface area (Å²) in [7, 11) is 1.84. The van der Waals surface area contributed by atoms with Crippen LogP contribution in [0.3, 0.4) is 0 Å². The van der Waals surface area contributed by atoms with E-state index in [0.29, 0.717) is 36.3 Å². The van der Waals surface area contributed by atoms with E-state index in [2.05, 4.69) is 10.3 Å². The van der Waals surface area contributed by atoms with Gasteiger partial charge >= 0.3 is 0 Å². The standard InChI is InChI=1S/C15H19N5O2/c1-20-8-13(18-9-20)19-14(21)4-2-3-10-5-6-11(15(17)22)12(16)7-10/h5-9H,2-4,16H2,1H3,(H2,17,22)(H,19,21). The Balaban J connectivity index is 1.82. The number of amides is 2. The molecule has 0 fully saturated rings. The van der Waals surface area contributed by atoms with Crippen LogP contribution < -0.4 is 16.8 Å². The van der Waals surface area contributed by atoms with Crippen LogP contribution in [-0.4, -0.2) is 21.4 Å². The second kappa shape index (κ2) is 6.75. The Hall–Kier alpha value is -2.83. The Kier molecular flexibility index (Phi) is 4.77. The zero-order valence-corrected chi connectivity index (χ0v) is 12.4. The molecule has 0 radical (unpaired) electrons. The molecular weight excluding hydrogens is 282 g/mol. The number of benzene rings is 1. The van der Waals surface area contributed by atoms with Gasteiger partial charge in [0.05, 0.1) is 11.9 Å². The number of nitrogens with zero attached hydrogens (tertiary/aromatic N) is 2. The van der Waals surface area contributed by atoms with E-state index in [4.69, 9.17) is 11.5 Å². The SMILES string of the molecule is Cn1cnc(NC(=O)CCCc2ccc(C(N)=O)c(N)c2)c1. The zero-order chi connectivity index (χ0) is 16.1. The Morgan fingerprint density at radius 2 is 2.14 bits per heavy atom. The van der Waals surface area contributed by atoms with Gasteiger partial charge in [0.15, 0.2) is 5.82 Å². The summed E-state index contributed by atoms with van der Waals surface area (Å²) in [6.07, 6.45) is 5.11. The van der Waals surface area contributed by atoms with E-state index in [0.717, 1.165) is 5.56 Å². The Morgan fingerprint density at radius 3 is 2.73 bits per heavy atom. The molecule has 0 spiro atoms. The van der Waals surface area contributed by atoms with E-state index >= 15 is 0 Å². The van der Waals surface area contributed by atoms with E-state index in [1.165, 1.54) is 0 Å². The number of primary amides is 1. The van der Waals surface area contributed by atoms with Gasteiger partial charge in [0.1, 0.15) is 0 Å². The molecule has 1 aromatic heterocycles. The first-order valence-corrected chi connectivity index (χ1v) is 6.91. The number of nitrogens with one attached hydrogen (secondary N) is 1. The molecule has 0 saturated carbocycles. The molecule has 1 heterocycles. The first-order valence-electron chi connectivity index (χ1n) is 6.91. The molecule has 7 nitrogen and oxygen atoms in total. The monoisotopic (exact) mass is 301 g/mol. The molecule has 116 valence electrons. The van der Waals surface area contributed by atoms with Crippen LogP contribution >= 0.6 is 0 Å². The summed E-state index contributed by atoms with van der Waals surface area (Å²) in [4.78, 5) is 26.9. The number of anilines is 2.